The SMILES string of the molecule is COc1ccc([C@H]2Cn3nnc(C(=O)N4CCN(c5ccccc5C)CC4)c3CO2)cc1. The van der Waals surface area contributed by atoms with Crippen LogP contribution < -0.4 is 9.64 Å². The van der Waals surface area contributed by atoms with Crippen molar-refractivity contribution in [3.05, 3.63) is 71.0 Å². The molecule has 8 heteroatoms. The van der Waals surface area contributed by atoms with Gasteiger partial charge in [-0.15, -0.1) is 5.10 Å². The summed E-state index contributed by atoms with van der Waals surface area (Å²) in [5.41, 5.74) is 4.69. The van der Waals surface area contributed by atoms with Crippen molar-refractivity contribution < 1.29 is 14.3 Å². The number of aryl methyl sites for hydroxylation is 1. The monoisotopic (exact) mass is 433 g/mol. The summed E-state index contributed by atoms with van der Waals surface area (Å²) < 4.78 is 13.1. The topological polar surface area (TPSA) is 72.7 Å². The van der Waals surface area contributed by atoms with Gasteiger partial charge in [0.1, 0.15) is 11.9 Å². The van der Waals surface area contributed by atoms with E-state index >= 15 is 0 Å². The number of carbonyl (C=O) groups is 1. The van der Waals surface area contributed by atoms with Crippen LogP contribution in [-0.4, -0.2) is 59.1 Å². The zero-order valence-electron chi connectivity index (χ0n) is 18.4. The summed E-state index contributed by atoms with van der Waals surface area (Å²) in [5, 5.41) is 8.49. The van der Waals surface area contributed by atoms with Gasteiger partial charge in [0, 0.05) is 31.9 Å². The van der Waals surface area contributed by atoms with Gasteiger partial charge in [-0.2, -0.15) is 0 Å². The molecule has 0 unspecified atom stereocenters. The summed E-state index contributed by atoms with van der Waals surface area (Å²) in [7, 11) is 1.65. The van der Waals surface area contributed by atoms with Crippen molar-refractivity contribution in [2.45, 2.75) is 26.2 Å². The van der Waals surface area contributed by atoms with Gasteiger partial charge < -0.3 is 19.3 Å². The van der Waals surface area contributed by atoms with Gasteiger partial charge in [-0.3, -0.25) is 4.79 Å². The third-order valence-corrected chi connectivity index (χ3v) is 6.31. The maximum atomic E-state index is 13.2. The molecule has 0 bridgehead atoms. The normalized spacial score (nSPS) is 18.4. The molecule has 0 spiro atoms. The number of amides is 1. The molecule has 8 nitrogen and oxygen atoms in total. The number of hydrogen-bond donors (Lipinski definition) is 0. The minimum atomic E-state index is -0.129. The molecule has 3 heterocycles. The maximum Gasteiger partial charge on any atom is 0.276 e. The van der Waals surface area contributed by atoms with Crippen molar-refractivity contribution in [3.8, 4) is 5.75 Å². The van der Waals surface area contributed by atoms with Crippen LogP contribution in [0.4, 0.5) is 5.69 Å². The first-order valence-corrected chi connectivity index (χ1v) is 10.9. The quantitative estimate of drug-likeness (QED) is 0.630. The first-order valence-electron chi connectivity index (χ1n) is 10.9. The molecule has 1 saturated heterocycles. The molecule has 1 aromatic heterocycles. The second kappa shape index (κ2) is 8.63. The van der Waals surface area contributed by atoms with E-state index in [2.05, 4.69) is 46.4 Å². The number of piperazine rings is 1. The van der Waals surface area contributed by atoms with E-state index in [0.717, 1.165) is 30.1 Å². The van der Waals surface area contributed by atoms with E-state index in [-0.39, 0.29) is 12.0 Å². The molecular weight excluding hydrogens is 406 g/mol. The van der Waals surface area contributed by atoms with Crippen LogP contribution in [0, 0.1) is 6.92 Å². The zero-order valence-corrected chi connectivity index (χ0v) is 18.4. The second-order valence-corrected chi connectivity index (χ2v) is 8.21. The molecule has 0 aliphatic carbocycles. The second-order valence-electron chi connectivity index (χ2n) is 8.21. The van der Waals surface area contributed by atoms with E-state index in [1.165, 1.54) is 11.3 Å². The van der Waals surface area contributed by atoms with Crippen molar-refractivity contribution >= 4 is 11.6 Å². The van der Waals surface area contributed by atoms with Gasteiger partial charge in [-0.05, 0) is 36.2 Å². The molecule has 32 heavy (non-hydrogen) atoms. The smallest absolute Gasteiger partial charge is 0.276 e. The van der Waals surface area contributed by atoms with Crippen LogP contribution in [0.15, 0.2) is 48.5 Å². The zero-order chi connectivity index (χ0) is 22.1. The van der Waals surface area contributed by atoms with E-state index in [4.69, 9.17) is 9.47 Å². The molecule has 2 aromatic carbocycles. The summed E-state index contributed by atoms with van der Waals surface area (Å²) in [6.07, 6.45) is -0.129. The number of methoxy groups -OCH3 is 1. The summed E-state index contributed by atoms with van der Waals surface area (Å²) >= 11 is 0. The van der Waals surface area contributed by atoms with Crippen molar-refractivity contribution in [2.24, 2.45) is 0 Å². The molecule has 2 aliphatic heterocycles. The molecule has 1 fully saturated rings. The standard InChI is InChI=1S/C24H27N5O3/c1-17-5-3-4-6-20(17)27-11-13-28(14-12-27)24(30)23-21-16-32-22(15-29(21)26-25-23)18-7-9-19(31-2)10-8-18/h3-10,22H,11-16H2,1-2H3/t22-/m1/s1. The third kappa shape index (κ3) is 3.82. The minimum Gasteiger partial charge on any atom is -0.497 e. The predicted molar refractivity (Wildman–Crippen MR) is 120 cm³/mol. The Morgan fingerprint density at radius 1 is 1.06 bits per heavy atom. The average molecular weight is 434 g/mol. The Morgan fingerprint density at radius 2 is 1.81 bits per heavy atom. The van der Waals surface area contributed by atoms with Crippen molar-refractivity contribution in [1.29, 1.82) is 0 Å². The number of rotatable bonds is 4. The Balaban J connectivity index is 1.25. The van der Waals surface area contributed by atoms with Gasteiger partial charge in [0.15, 0.2) is 5.69 Å². The lowest BCUT2D eigenvalue weighted by molar-refractivity contribution is -0.00198. The summed E-state index contributed by atoms with van der Waals surface area (Å²) in [4.78, 5) is 17.4. The van der Waals surface area contributed by atoms with Crippen LogP contribution in [0.2, 0.25) is 0 Å². The fourth-order valence-corrected chi connectivity index (χ4v) is 4.42. The Bertz CT molecular complexity index is 1100. The highest BCUT2D eigenvalue weighted by Crippen LogP contribution is 2.29. The highest BCUT2D eigenvalue weighted by molar-refractivity contribution is 5.93. The summed E-state index contributed by atoms with van der Waals surface area (Å²) in [6, 6.07) is 16.2. The number of anilines is 1. The van der Waals surface area contributed by atoms with Gasteiger partial charge >= 0.3 is 0 Å². The number of fused-ring (bicyclic) bond motifs is 1. The van der Waals surface area contributed by atoms with Gasteiger partial charge in [0.25, 0.3) is 5.91 Å². The van der Waals surface area contributed by atoms with E-state index in [1.54, 1.807) is 11.8 Å². The summed E-state index contributed by atoms with van der Waals surface area (Å²) in [5.74, 6) is 0.739. The number of para-hydroxylation sites is 1. The fourth-order valence-electron chi connectivity index (χ4n) is 4.42. The molecular formula is C24H27N5O3. The lowest BCUT2D eigenvalue weighted by atomic mass is 10.1. The number of benzene rings is 2. The van der Waals surface area contributed by atoms with Gasteiger partial charge in [-0.1, -0.05) is 35.5 Å². The first-order chi connectivity index (χ1) is 15.6. The molecule has 0 N–H and O–H groups in total. The average Bonchev–Trinajstić information content (AvgIpc) is 3.27. The Labute approximate surface area is 187 Å². The molecule has 5 rings (SSSR count). The highest BCUT2D eigenvalue weighted by Gasteiger charge is 2.31. The van der Waals surface area contributed by atoms with Crippen molar-refractivity contribution in [1.82, 2.24) is 19.9 Å². The lowest BCUT2D eigenvalue weighted by Crippen LogP contribution is -2.49. The van der Waals surface area contributed by atoms with E-state index in [1.807, 2.05) is 29.2 Å². The Kier molecular flexibility index (Phi) is 5.53. The van der Waals surface area contributed by atoms with Crippen LogP contribution in [0.1, 0.15) is 33.4 Å². The molecule has 3 aromatic rings. The van der Waals surface area contributed by atoms with E-state index in [9.17, 15) is 4.79 Å². The Morgan fingerprint density at radius 3 is 2.53 bits per heavy atom. The number of nitrogens with zero attached hydrogens (tertiary/aromatic N) is 5. The van der Waals surface area contributed by atoms with Crippen LogP contribution >= 0.6 is 0 Å². The van der Waals surface area contributed by atoms with Gasteiger partial charge in [-0.25, -0.2) is 4.68 Å². The van der Waals surface area contributed by atoms with Gasteiger partial charge in [0.05, 0.1) is 26.0 Å². The van der Waals surface area contributed by atoms with Crippen LogP contribution in [-0.2, 0) is 17.9 Å². The fraction of sp³-hybridized carbons (Fsp3) is 0.375. The Hall–Kier alpha value is -3.39. The minimum absolute atomic E-state index is 0.0674. The molecule has 0 saturated carbocycles. The van der Waals surface area contributed by atoms with Crippen LogP contribution in [0.3, 0.4) is 0 Å². The van der Waals surface area contributed by atoms with E-state index in [0.29, 0.717) is 31.9 Å². The van der Waals surface area contributed by atoms with E-state index < -0.39 is 0 Å². The van der Waals surface area contributed by atoms with Gasteiger partial charge in [0.2, 0.25) is 0 Å². The first kappa shape index (κ1) is 20.5. The molecule has 0 radical (unpaired) electrons. The molecule has 166 valence electrons. The number of hydrogen-bond acceptors (Lipinski definition) is 6. The number of ether oxygens (including phenoxy) is 2. The van der Waals surface area contributed by atoms with Crippen LogP contribution in [0.25, 0.3) is 0 Å². The number of carbonyl (C=O) groups excluding carboxylic acids is 1. The maximum absolute atomic E-state index is 13.2. The van der Waals surface area contributed by atoms with Crippen LogP contribution in [0.5, 0.6) is 5.75 Å². The third-order valence-electron chi connectivity index (χ3n) is 6.31. The predicted octanol–water partition coefficient (Wildman–Crippen LogP) is 2.83. The molecule has 1 atom stereocenters. The largest absolute Gasteiger partial charge is 0.497 e. The molecule has 1 amide bonds. The number of aromatic nitrogens is 3. The lowest BCUT2D eigenvalue weighted by Gasteiger charge is -2.36. The highest BCUT2D eigenvalue weighted by atomic mass is 16.5. The summed E-state index contributed by atoms with van der Waals surface area (Å²) in [6.45, 7) is 5.89. The van der Waals surface area contributed by atoms with Crippen molar-refractivity contribution in [3.63, 3.8) is 0 Å². The van der Waals surface area contributed by atoms with Crippen molar-refractivity contribution in [2.75, 3.05) is 38.2 Å². The molecule has 2 aliphatic rings.